The summed E-state index contributed by atoms with van der Waals surface area (Å²) in [5.41, 5.74) is -0.172. The zero-order valence-corrected chi connectivity index (χ0v) is 19.1. The molecule has 35 heavy (non-hydrogen) atoms. The molecule has 1 aliphatic heterocycles. The minimum absolute atomic E-state index is 0.0246. The van der Waals surface area contributed by atoms with E-state index in [4.69, 9.17) is 11.6 Å². The van der Waals surface area contributed by atoms with E-state index in [1.807, 2.05) is 0 Å². The maximum atomic E-state index is 14.1. The number of amides is 2. The van der Waals surface area contributed by atoms with Gasteiger partial charge in [0.25, 0.3) is 5.56 Å². The number of carbonyl (C=O) groups is 2. The summed E-state index contributed by atoms with van der Waals surface area (Å²) in [6.45, 7) is 0.295. The summed E-state index contributed by atoms with van der Waals surface area (Å²) in [6.07, 6.45) is 4.14. The zero-order valence-electron chi connectivity index (χ0n) is 18.3. The maximum absolute atomic E-state index is 14.1. The normalized spacial score (nSPS) is 15.7. The van der Waals surface area contributed by atoms with Gasteiger partial charge in [-0.1, -0.05) is 23.7 Å². The van der Waals surface area contributed by atoms with Crippen molar-refractivity contribution in [2.75, 3.05) is 6.54 Å². The van der Waals surface area contributed by atoms with Crippen LogP contribution in [0.2, 0.25) is 5.02 Å². The van der Waals surface area contributed by atoms with Gasteiger partial charge in [0, 0.05) is 36.4 Å². The van der Waals surface area contributed by atoms with Crippen molar-refractivity contribution in [3.63, 3.8) is 0 Å². The number of aromatic nitrogens is 4. The fraction of sp³-hybridized carbons (Fsp3) is 0.261. The Bertz CT molecular complexity index is 1590. The number of nitrogens with one attached hydrogen (secondary N) is 3. The molecule has 0 spiro atoms. The monoisotopic (exact) mass is 498 g/mol. The van der Waals surface area contributed by atoms with Crippen molar-refractivity contribution in [1.29, 1.82) is 0 Å². The van der Waals surface area contributed by atoms with Gasteiger partial charge in [0.05, 0.1) is 15.9 Å². The van der Waals surface area contributed by atoms with Gasteiger partial charge in [-0.2, -0.15) is 0 Å². The molecule has 12 heteroatoms. The molecule has 2 amide bonds. The first kappa shape index (κ1) is 22.8. The van der Waals surface area contributed by atoms with Crippen LogP contribution in [0.1, 0.15) is 18.4 Å². The summed E-state index contributed by atoms with van der Waals surface area (Å²) in [5, 5.41) is 3.43. The second kappa shape index (κ2) is 8.99. The lowest BCUT2D eigenvalue weighted by Crippen LogP contribution is -2.46. The summed E-state index contributed by atoms with van der Waals surface area (Å²) >= 11 is 5.80. The van der Waals surface area contributed by atoms with Crippen LogP contribution in [0.25, 0.3) is 21.9 Å². The number of benzene rings is 1. The Kier molecular flexibility index (Phi) is 5.85. The largest absolute Gasteiger partial charge is 0.350 e. The lowest BCUT2D eigenvalue weighted by molar-refractivity contribution is -0.138. The Hall–Kier alpha value is -3.99. The zero-order chi connectivity index (χ0) is 24.7. The molecule has 4 aromatic rings. The highest BCUT2D eigenvalue weighted by Crippen LogP contribution is 2.23. The number of nitrogens with zero attached hydrogens (tertiary/aromatic N) is 3. The fourth-order valence-electron chi connectivity index (χ4n) is 4.45. The third-order valence-corrected chi connectivity index (χ3v) is 6.46. The van der Waals surface area contributed by atoms with E-state index in [-0.39, 0.29) is 40.9 Å². The van der Waals surface area contributed by atoms with Crippen molar-refractivity contribution in [2.24, 2.45) is 0 Å². The van der Waals surface area contributed by atoms with Gasteiger partial charge in [0.15, 0.2) is 0 Å². The average Bonchev–Trinajstić information content (AvgIpc) is 3.47. The van der Waals surface area contributed by atoms with E-state index in [0.29, 0.717) is 35.9 Å². The van der Waals surface area contributed by atoms with Crippen molar-refractivity contribution < 1.29 is 14.0 Å². The van der Waals surface area contributed by atoms with Gasteiger partial charge in [0.1, 0.15) is 24.1 Å². The van der Waals surface area contributed by atoms with Gasteiger partial charge in [-0.15, -0.1) is 0 Å². The van der Waals surface area contributed by atoms with Gasteiger partial charge in [-0.25, -0.2) is 14.2 Å². The number of hydrogen-bond acceptors (Lipinski definition) is 5. The number of likely N-dealkylation sites (tertiary alicyclic amines) is 1. The first-order valence-electron chi connectivity index (χ1n) is 10.9. The van der Waals surface area contributed by atoms with E-state index in [1.165, 1.54) is 23.2 Å². The van der Waals surface area contributed by atoms with Crippen molar-refractivity contribution in [2.45, 2.75) is 32.0 Å². The molecular formula is C23H20ClFN6O4. The van der Waals surface area contributed by atoms with Crippen molar-refractivity contribution in [1.82, 2.24) is 29.7 Å². The first-order chi connectivity index (χ1) is 16.8. The number of hydrogen-bond donors (Lipinski definition) is 3. The molecule has 3 N–H and O–H groups in total. The number of carbonyl (C=O) groups excluding carboxylic acids is 2. The predicted octanol–water partition coefficient (Wildman–Crippen LogP) is 1.67. The standard InChI is InChI=1S/C23H20ClFN6O4/c24-15-4-1-3-12(18(15)25)9-27-22(34)16-5-2-7-31(16)17(32)11-30-8-6-13-19-14(10-26-20(13)30)21(33)29-23(35)28-19/h1,3-4,6,8,10,16H,2,5,7,9,11H2,(H,27,34)(H2,28,29,33,35)/t16-/m0/s1. The highest BCUT2D eigenvalue weighted by Gasteiger charge is 2.34. The lowest BCUT2D eigenvalue weighted by atomic mass is 10.1. The van der Waals surface area contributed by atoms with Crippen LogP contribution in [0.3, 0.4) is 0 Å². The van der Waals surface area contributed by atoms with Crippen molar-refractivity contribution >= 4 is 45.4 Å². The third-order valence-electron chi connectivity index (χ3n) is 6.16. The van der Waals surface area contributed by atoms with E-state index in [0.717, 1.165) is 0 Å². The molecule has 1 saturated heterocycles. The molecule has 1 atom stereocenters. The number of pyridine rings is 1. The smallest absolute Gasteiger partial charge is 0.326 e. The lowest BCUT2D eigenvalue weighted by Gasteiger charge is -2.24. The molecule has 0 bridgehead atoms. The minimum atomic E-state index is -0.671. The molecule has 0 aliphatic carbocycles. The van der Waals surface area contributed by atoms with Gasteiger partial charge in [-0.3, -0.25) is 19.4 Å². The second-order valence-electron chi connectivity index (χ2n) is 8.31. The van der Waals surface area contributed by atoms with E-state index < -0.39 is 23.1 Å². The molecule has 180 valence electrons. The molecule has 0 radical (unpaired) electrons. The van der Waals surface area contributed by atoms with E-state index >= 15 is 0 Å². The van der Waals surface area contributed by atoms with Crippen LogP contribution in [0.4, 0.5) is 4.39 Å². The van der Waals surface area contributed by atoms with E-state index in [2.05, 4.69) is 20.3 Å². The summed E-state index contributed by atoms with van der Waals surface area (Å²) in [5.74, 6) is -1.24. The van der Waals surface area contributed by atoms with Crippen LogP contribution in [0.5, 0.6) is 0 Å². The number of H-pyrrole nitrogens is 2. The molecule has 0 unspecified atom stereocenters. The van der Waals surface area contributed by atoms with Crippen LogP contribution in [0.15, 0.2) is 46.2 Å². The highest BCUT2D eigenvalue weighted by molar-refractivity contribution is 6.30. The second-order valence-corrected chi connectivity index (χ2v) is 8.72. The molecule has 1 fully saturated rings. The number of aromatic amines is 2. The van der Waals surface area contributed by atoms with Crippen LogP contribution in [-0.4, -0.2) is 48.8 Å². The topological polar surface area (TPSA) is 133 Å². The summed E-state index contributed by atoms with van der Waals surface area (Å²) in [6, 6.07) is 5.56. The number of fused-ring (bicyclic) bond motifs is 3. The first-order valence-corrected chi connectivity index (χ1v) is 11.3. The quantitative estimate of drug-likeness (QED) is 0.385. The summed E-state index contributed by atoms with van der Waals surface area (Å²) in [7, 11) is 0. The predicted molar refractivity (Wildman–Crippen MR) is 126 cm³/mol. The molecule has 1 aromatic carbocycles. The minimum Gasteiger partial charge on any atom is -0.350 e. The molecule has 10 nitrogen and oxygen atoms in total. The molecule has 0 saturated carbocycles. The SMILES string of the molecule is O=C(NCc1cccc(Cl)c1F)[C@@H]1CCCN1C(=O)Cn1ccc2c3[nH]c(=O)[nH]c(=O)c3cnc21. The van der Waals surface area contributed by atoms with Gasteiger partial charge in [-0.05, 0) is 25.0 Å². The van der Waals surface area contributed by atoms with Crippen molar-refractivity contribution in [3.05, 3.63) is 73.9 Å². The van der Waals surface area contributed by atoms with Crippen molar-refractivity contribution in [3.8, 4) is 0 Å². The fourth-order valence-corrected chi connectivity index (χ4v) is 4.64. The van der Waals surface area contributed by atoms with Gasteiger partial charge < -0.3 is 19.8 Å². The molecule has 3 aromatic heterocycles. The Morgan fingerprint density at radius 1 is 1.20 bits per heavy atom. The Morgan fingerprint density at radius 2 is 2.03 bits per heavy atom. The number of rotatable bonds is 5. The summed E-state index contributed by atoms with van der Waals surface area (Å²) in [4.78, 5) is 60.2. The third kappa shape index (κ3) is 4.18. The van der Waals surface area contributed by atoms with Crippen LogP contribution < -0.4 is 16.6 Å². The van der Waals surface area contributed by atoms with E-state index in [9.17, 15) is 23.6 Å². The average molecular weight is 499 g/mol. The van der Waals surface area contributed by atoms with Crippen LogP contribution in [-0.2, 0) is 22.7 Å². The Morgan fingerprint density at radius 3 is 2.86 bits per heavy atom. The van der Waals surface area contributed by atoms with Crippen LogP contribution in [0, 0.1) is 5.82 Å². The highest BCUT2D eigenvalue weighted by atomic mass is 35.5. The van der Waals surface area contributed by atoms with Crippen LogP contribution >= 0.6 is 11.6 Å². The van der Waals surface area contributed by atoms with Gasteiger partial charge >= 0.3 is 5.69 Å². The maximum Gasteiger partial charge on any atom is 0.326 e. The van der Waals surface area contributed by atoms with Gasteiger partial charge in [0.2, 0.25) is 11.8 Å². The molecular weight excluding hydrogens is 479 g/mol. The number of halogens is 2. The Balaban J connectivity index is 1.33. The van der Waals surface area contributed by atoms with E-state index in [1.54, 1.807) is 22.9 Å². The molecule has 4 heterocycles. The Labute approximate surface area is 201 Å². The molecule has 5 rings (SSSR count). The summed E-state index contributed by atoms with van der Waals surface area (Å²) < 4.78 is 15.7. The molecule has 1 aliphatic rings.